The largest absolute Gasteiger partial charge is 0.320 e. The average Bonchev–Trinajstić information content (AvgIpc) is 2.81. The number of aromatic nitrogens is 2. The van der Waals surface area contributed by atoms with Gasteiger partial charge in [0, 0.05) is 9.50 Å². The van der Waals surface area contributed by atoms with Crippen LogP contribution in [-0.2, 0) is 6.42 Å². The van der Waals surface area contributed by atoms with Gasteiger partial charge in [0.15, 0.2) is 0 Å². The molecule has 0 aliphatic carbocycles. The summed E-state index contributed by atoms with van der Waals surface area (Å²) in [5.41, 5.74) is 1.42. The van der Waals surface area contributed by atoms with E-state index in [1.54, 1.807) is 18.2 Å². The molecule has 1 aromatic carbocycles. The number of halogens is 2. The van der Waals surface area contributed by atoms with Gasteiger partial charge in [0.1, 0.15) is 4.88 Å². The summed E-state index contributed by atoms with van der Waals surface area (Å²) >= 11 is 10.3. The first-order valence-corrected chi connectivity index (χ1v) is 7.64. The number of rotatable bonds is 4. The molecule has 1 amide bonds. The van der Waals surface area contributed by atoms with E-state index in [1.807, 2.05) is 6.92 Å². The molecular weight excluding hydrogens is 350 g/mol. The Morgan fingerprint density at radius 1 is 1.53 bits per heavy atom. The second-order valence-electron chi connectivity index (χ2n) is 3.88. The van der Waals surface area contributed by atoms with Crippen LogP contribution in [0.5, 0.6) is 0 Å². The van der Waals surface area contributed by atoms with Gasteiger partial charge in [-0.3, -0.25) is 4.79 Å². The normalized spacial score (nSPS) is 10.5. The molecule has 0 aliphatic heterocycles. The number of benzene rings is 1. The summed E-state index contributed by atoms with van der Waals surface area (Å²) in [5.74, 6) is -0.193. The van der Waals surface area contributed by atoms with Gasteiger partial charge in [-0.1, -0.05) is 29.4 Å². The van der Waals surface area contributed by atoms with Crippen LogP contribution in [0.3, 0.4) is 0 Å². The fourth-order valence-corrected chi connectivity index (χ4v) is 2.94. The molecular formula is C12H11BrClN3OS. The minimum atomic E-state index is -0.193. The topological polar surface area (TPSA) is 54.9 Å². The highest BCUT2D eigenvalue weighted by Gasteiger charge is 2.16. The van der Waals surface area contributed by atoms with Crippen molar-refractivity contribution in [2.45, 2.75) is 19.8 Å². The SMILES string of the molecule is CCCc1nnsc1C(=O)Nc1ccc(Cl)cc1Br. The van der Waals surface area contributed by atoms with Gasteiger partial charge in [0.05, 0.1) is 11.4 Å². The highest BCUT2D eigenvalue weighted by atomic mass is 79.9. The molecule has 2 aromatic rings. The number of nitrogens with one attached hydrogen (secondary N) is 1. The molecule has 19 heavy (non-hydrogen) atoms. The van der Waals surface area contributed by atoms with Crippen molar-refractivity contribution in [1.82, 2.24) is 9.59 Å². The van der Waals surface area contributed by atoms with E-state index in [2.05, 4.69) is 30.8 Å². The van der Waals surface area contributed by atoms with Crippen LogP contribution in [-0.4, -0.2) is 15.5 Å². The molecule has 0 unspecified atom stereocenters. The first kappa shape index (κ1) is 14.4. The molecule has 1 heterocycles. The van der Waals surface area contributed by atoms with E-state index in [9.17, 15) is 4.79 Å². The van der Waals surface area contributed by atoms with E-state index in [1.165, 1.54) is 0 Å². The molecule has 4 nitrogen and oxygen atoms in total. The summed E-state index contributed by atoms with van der Waals surface area (Å²) < 4.78 is 4.58. The van der Waals surface area contributed by atoms with Crippen molar-refractivity contribution in [3.8, 4) is 0 Å². The summed E-state index contributed by atoms with van der Waals surface area (Å²) in [6.45, 7) is 2.04. The van der Waals surface area contributed by atoms with Crippen molar-refractivity contribution in [3.63, 3.8) is 0 Å². The molecule has 0 saturated heterocycles. The maximum absolute atomic E-state index is 12.2. The Morgan fingerprint density at radius 2 is 2.32 bits per heavy atom. The van der Waals surface area contributed by atoms with Crippen LogP contribution in [0.2, 0.25) is 5.02 Å². The Balaban J connectivity index is 2.18. The first-order chi connectivity index (χ1) is 9.11. The van der Waals surface area contributed by atoms with Gasteiger partial charge in [-0.15, -0.1) is 5.10 Å². The van der Waals surface area contributed by atoms with Crippen LogP contribution in [0.25, 0.3) is 0 Å². The van der Waals surface area contributed by atoms with Crippen LogP contribution in [0.1, 0.15) is 28.7 Å². The fourth-order valence-electron chi connectivity index (χ4n) is 1.55. The molecule has 0 fully saturated rings. The zero-order chi connectivity index (χ0) is 13.8. The van der Waals surface area contributed by atoms with E-state index in [0.717, 1.165) is 34.5 Å². The van der Waals surface area contributed by atoms with Crippen LogP contribution in [0, 0.1) is 0 Å². The maximum Gasteiger partial charge on any atom is 0.269 e. The van der Waals surface area contributed by atoms with Gasteiger partial charge >= 0.3 is 0 Å². The molecule has 0 spiro atoms. The third kappa shape index (κ3) is 3.52. The molecule has 0 radical (unpaired) electrons. The predicted molar refractivity (Wildman–Crippen MR) is 81.0 cm³/mol. The minimum Gasteiger partial charge on any atom is -0.320 e. The standard InChI is InChI=1S/C12H11BrClN3OS/c1-2-3-10-11(19-17-16-10)12(18)15-9-5-4-7(14)6-8(9)13/h4-6H,2-3H2,1H3,(H,15,18). The first-order valence-electron chi connectivity index (χ1n) is 5.69. The number of nitrogens with zero attached hydrogens (tertiary/aromatic N) is 2. The number of hydrogen-bond acceptors (Lipinski definition) is 4. The lowest BCUT2D eigenvalue weighted by molar-refractivity contribution is 0.102. The van der Waals surface area contributed by atoms with Crippen LogP contribution in [0.15, 0.2) is 22.7 Å². The zero-order valence-electron chi connectivity index (χ0n) is 10.1. The molecule has 0 aliphatic rings. The predicted octanol–water partition coefficient (Wildman–Crippen LogP) is 4.16. The number of hydrogen-bond donors (Lipinski definition) is 1. The van der Waals surface area contributed by atoms with Gasteiger partial charge in [-0.05, 0) is 52.1 Å². The summed E-state index contributed by atoms with van der Waals surface area (Å²) in [7, 11) is 0. The molecule has 1 N–H and O–H groups in total. The van der Waals surface area contributed by atoms with Crippen molar-refractivity contribution in [3.05, 3.63) is 38.3 Å². The lowest BCUT2D eigenvalue weighted by Gasteiger charge is -2.07. The van der Waals surface area contributed by atoms with Crippen molar-refractivity contribution >= 4 is 50.7 Å². The van der Waals surface area contributed by atoms with Crippen molar-refractivity contribution in [1.29, 1.82) is 0 Å². The molecule has 2 rings (SSSR count). The van der Waals surface area contributed by atoms with E-state index >= 15 is 0 Å². The van der Waals surface area contributed by atoms with Crippen molar-refractivity contribution in [2.24, 2.45) is 0 Å². The second-order valence-corrected chi connectivity index (χ2v) is 5.92. The average molecular weight is 361 g/mol. The van der Waals surface area contributed by atoms with Crippen molar-refractivity contribution < 1.29 is 4.79 Å². The van der Waals surface area contributed by atoms with Gasteiger partial charge in [-0.25, -0.2) is 0 Å². The Labute approximate surface area is 128 Å². The number of anilines is 1. The molecule has 7 heteroatoms. The number of aryl methyl sites for hydroxylation is 1. The number of amides is 1. The van der Waals surface area contributed by atoms with E-state index in [-0.39, 0.29) is 5.91 Å². The summed E-state index contributed by atoms with van der Waals surface area (Å²) in [6, 6.07) is 5.20. The lowest BCUT2D eigenvalue weighted by Crippen LogP contribution is -2.12. The van der Waals surface area contributed by atoms with Gasteiger partial charge in [-0.2, -0.15) is 0 Å². The summed E-state index contributed by atoms with van der Waals surface area (Å²) in [4.78, 5) is 12.7. The monoisotopic (exact) mass is 359 g/mol. The Morgan fingerprint density at radius 3 is 3.00 bits per heavy atom. The molecule has 0 atom stereocenters. The molecule has 100 valence electrons. The summed E-state index contributed by atoms with van der Waals surface area (Å²) in [5, 5.41) is 7.41. The Hall–Kier alpha value is -0.980. The molecule has 1 aromatic heterocycles. The quantitative estimate of drug-likeness (QED) is 0.890. The van der Waals surface area contributed by atoms with Crippen LogP contribution in [0.4, 0.5) is 5.69 Å². The zero-order valence-corrected chi connectivity index (χ0v) is 13.3. The third-order valence-corrected chi connectivity index (χ3v) is 4.09. The second kappa shape index (κ2) is 6.45. The summed E-state index contributed by atoms with van der Waals surface area (Å²) in [6.07, 6.45) is 1.68. The Kier molecular flexibility index (Phi) is 4.90. The van der Waals surface area contributed by atoms with Crippen molar-refractivity contribution in [2.75, 3.05) is 5.32 Å². The Bertz CT molecular complexity index is 602. The molecule has 0 bridgehead atoms. The van der Waals surface area contributed by atoms with Gasteiger partial charge < -0.3 is 5.32 Å². The smallest absolute Gasteiger partial charge is 0.269 e. The number of carbonyl (C=O) groups excluding carboxylic acids is 1. The highest BCUT2D eigenvalue weighted by molar-refractivity contribution is 9.10. The third-order valence-electron chi connectivity index (χ3n) is 2.43. The maximum atomic E-state index is 12.2. The highest BCUT2D eigenvalue weighted by Crippen LogP contribution is 2.26. The minimum absolute atomic E-state index is 0.193. The van der Waals surface area contributed by atoms with Gasteiger partial charge in [0.25, 0.3) is 5.91 Å². The van der Waals surface area contributed by atoms with E-state index in [4.69, 9.17) is 11.6 Å². The van der Waals surface area contributed by atoms with E-state index < -0.39 is 0 Å². The van der Waals surface area contributed by atoms with Crippen LogP contribution >= 0.6 is 39.1 Å². The fraction of sp³-hybridized carbons (Fsp3) is 0.250. The van der Waals surface area contributed by atoms with Crippen LogP contribution < -0.4 is 5.32 Å². The van der Waals surface area contributed by atoms with Gasteiger partial charge in [0.2, 0.25) is 0 Å². The molecule has 0 saturated carbocycles. The number of carbonyl (C=O) groups is 1. The van der Waals surface area contributed by atoms with E-state index in [0.29, 0.717) is 15.6 Å². The lowest BCUT2D eigenvalue weighted by atomic mass is 10.2.